The van der Waals surface area contributed by atoms with Crippen LogP contribution in [0.15, 0.2) is 64.5 Å². The number of carbonyl (C=O) groups excluding carboxylic acids is 1. The number of thioether (sulfide) groups is 1. The number of para-hydroxylation sites is 1. The fourth-order valence-corrected chi connectivity index (χ4v) is 3.91. The number of nitrogens with one attached hydrogen (secondary N) is 2. The SMILES string of the molecule is CN(C)c1ccc(/C=C2/SC(=NCCc3cc4ccccc4[nH]3)NC2=O)cc1. The summed E-state index contributed by atoms with van der Waals surface area (Å²) in [6.07, 6.45) is 2.71. The van der Waals surface area contributed by atoms with Crippen molar-refractivity contribution in [3.8, 4) is 0 Å². The molecule has 0 spiro atoms. The summed E-state index contributed by atoms with van der Waals surface area (Å²) in [6, 6.07) is 18.5. The highest BCUT2D eigenvalue weighted by Crippen LogP contribution is 2.26. The number of nitrogens with zero attached hydrogens (tertiary/aromatic N) is 2. The van der Waals surface area contributed by atoms with Crippen LogP contribution < -0.4 is 10.2 Å². The number of anilines is 1. The lowest BCUT2D eigenvalue weighted by Gasteiger charge is -2.11. The fourth-order valence-electron chi connectivity index (χ4n) is 3.07. The first-order valence-corrected chi connectivity index (χ1v) is 9.99. The number of benzene rings is 2. The average Bonchev–Trinajstić information content (AvgIpc) is 3.25. The summed E-state index contributed by atoms with van der Waals surface area (Å²) in [5.41, 5.74) is 4.42. The van der Waals surface area contributed by atoms with Crippen molar-refractivity contribution in [1.82, 2.24) is 10.3 Å². The highest BCUT2D eigenvalue weighted by molar-refractivity contribution is 8.18. The Morgan fingerprint density at radius 1 is 1.11 bits per heavy atom. The molecule has 4 rings (SSSR count). The van der Waals surface area contributed by atoms with E-state index in [0.717, 1.165) is 28.9 Å². The molecule has 2 aromatic carbocycles. The van der Waals surface area contributed by atoms with Crippen LogP contribution >= 0.6 is 11.8 Å². The van der Waals surface area contributed by atoms with Crippen molar-refractivity contribution in [2.45, 2.75) is 6.42 Å². The van der Waals surface area contributed by atoms with Gasteiger partial charge in [-0.3, -0.25) is 9.79 Å². The second-order valence-electron chi connectivity index (χ2n) is 6.87. The Labute approximate surface area is 168 Å². The molecule has 3 aromatic rings. The summed E-state index contributed by atoms with van der Waals surface area (Å²) >= 11 is 1.39. The quantitative estimate of drug-likeness (QED) is 0.647. The molecule has 2 heterocycles. The molecule has 6 heteroatoms. The van der Waals surface area contributed by atoms with E-state index in [-0.39, 0.29) is 5.91 Å². The predicted molar refractivity (Wildman–Crippen MR) is 119 cm³/mol. The van der Waals surface area contributed by atoms with Crippen LogP contribution in [-0.2, 0) is 11.2 Å². The Kier molecular flexibility index (Phi) is 5.21. The van der Waals surface area contributed by atoms with Crippen molar-refractivity contribution in [3.63, 3.8) is 0 Å². The summed E-state index contributed by atoms with van der Waals surface area (Å²) in [7, 11) is 4.01. The van der Waals surface area contributed by atoms with Gasteiger partial charge in [0.2, 0.25) is 0 Å². The van der Waals surface area contributed by atoms with Crippen LogP contribution in [0.3, 0.4) is 0 Å². The minimum absolute atomic E-state index is 0.0916. The van der Waals surface area contributed by atoms with E-state index in [9.17, 15) is 4.79 Å². The van der Waals surface area contributed by atoms with Crippen molar-refractivity contribution < 1.29 is 4.79 Å². The number of amides is 1. The van der Waals surface area contributed by atoms with E-state index >= 15 is 0 Å². The molecule has 142 valence electrons. The number of carbonyl (C=O) groups is 1. The molecule has 0 atom stereocenters. The lowest BCUT2D eigenvalue weighted by atomic mass is 10.2. The van der Waals surface area contributed by atoms with Gasteiger partial charge in [0.25, 0.3) is 5.91 Å². The molecule has 0 saturated carbocycles. The van der Waals surface area contributed by atoms with Gasteiger partial charge in [-0.05, 0) is 53.1 Å². The molecule has 0 unspecified atom stereocenters. The van der Waals surface area contributed by atoms with Gasteiger partial charge in [-0.1, -0.05) is 30.3 Å². The number of aromatic nitrogens is 1. The first-order chi connectivity index (χ1) is 13.6. The number of hydrogen-bond acceptors (Lipinski definition) is 4. The van der Waals surface area contributed by atoms with Crippen molar-refractivity contribution in [2.75, 3.05) is 25.5 Å². The van der Waals surface area contributed by atoms with Gasteiger partial charge in [0, 0.05) is 44.0 Å². The molecular formula is C22H22N4OS. The highest BCUT2D eigenvalue weighted by Gasteiger charge is 2.23. The predicted octanol–water partition coefficient (Wildman–Crippen LogP) is 4.04. The first kappa shape index (κ1) is 18.4. The molecule has 1 saturated heterocycles. The molecule has 1 amide bonds. The van der Waals surface area contributed by atoms with Gasteiger partial charge in [0.1, 0.15) is 0 Å². The van der Waals surface area contributed by atoms with Gasteiger partial charge in [0.15, 0.2) is 5.17 Å². The van der Waals surface area contributed by atoms with E-state index in [1.807, 2.05) is 61.5 Å². The molecule has 1 aliphatic rings. The van der Waals surface area contributed by atoms with Crippen LogP contribution in [0.4, 0.5) is 5.69 Å². The zero-order valence-corrected chi connectivity index (χ0v) is 16.7. The van der Waals surface area contributed by atoms with Crippen LogP contribution in [0.2, 0.25) is 0 Å². The van der Waals surface area contributed by atoms with Crippen LogP contribution in [0.1, 0.15) is 11.3 Å². The normalized spacial score (nSPS) is 16.9. The monoisotopic (exact) mass is 390 g/mol. The summed E-state index contributed by atoms with van der Waals surface area (Å²) in [5.74, 6) is -0.0916. The molecule has 0 bridgehead atoms. The number of aliphatic imine (C=N–C) groups is 1. The third kappa shape index (κ3) is 4.12. The summed E-state index contributed by atoms with van der Waals surface area (Å²) in [6.45, 7) is 0.625. The molecule has 1 aromatic heterocycles. The summed E-state index contributed by atoms with van der Waals surface area (Å²) in [4.78, 5) is 22.9. The molecule has 5 nitrogen and oxygen atoms in total. The summed E-state index contributed by atoms with van der Waals surface area (Å²) < 4.78 is 0. The number of aromatic amines is 1. The van der Waals surface area contributed by atoms with Gasteiger partial charge < -0.3 is 15.2 Å². The van der Waals surface area contributed by atoms with Crippen LogP contribution in [0.5, 0.6) is 0 Å². The van der Waals surface area contributed by atoms with E-state index < -0.39 is 0 Å². The first-order valence-electron chi connectivity index (χ1n) is 9.18. The standard InChI is InChI=1S/C22H22N4OS/c1-26(2)18-9-7-15(8-10-18)13-20-21(27)25-22(28-20)23-12-11-17-14-16-5-3-4-6-19(16)24-17/h3-10,13-14,24H,11-12H2,1-2H3,(H,23,25,27)/b20-13+. The third-order valence-corrected chi connectivity index (χ3v) is 5.53. The minimum atomic E-state index is -0.0916. The zero-order chi connectivity index (χ0) is 19.5. The third-order valence-electron chi connectivity index (χ3n) is 4.58. The molecule has 0 aliphatic carbocycles. The Morgan fingerprint density at radius 3 is 2.64 bits per heavy atom. The average molecular weight is 391 g/mol. The van der Waals surface area contributed by atoms with E-state index in [1.54, 1.807) is 0 Å². The number of fused-ring (bicyclic) bond motifs is 1. The topological polar surface area (TPSA) is 60.5 Å². The fraction of sp³-hybridized carbons (Fsp3) is 0.182. The van der Waals surface area contributed by atoms with Crippen LogP contribution in [-0.4, -0.2) is 36.7 Å². The Balaban J connectivity index is 1.39. The van der Waals surface area contributed by atoms with E-state index in [1.165, 1.54) is 17.1 Å². The Morgan fingerprint density at radius 2 is 1.89 bits per heavy atom. The van der Waals surface area contributed by atoms with Gasteiger partial charge in [0.05, 0.1) is 4.91 Å². The van der Waals surface area contributed by atoms with Crippen molar-refractivity contribution in [2.24, 2.45) is 4.99 Å². The number of rotatable bonds is 5. The largest absolute Gasteiger partial charge is 0.378 e. The van der Waals surface area contributed by atoms with E-state index in [2.05, 4.69) is 33.5 Å². The maximum absolute atomic E-state index is 12.2. The molecule has 2 N–H and O–H groups in total. The van der Waals surface area contributed by atoms with Crippen molar-refractivity contribution >= 4 is 45.5 Å². The van der Waals surface area contributed by atoms with E-state index in [4.69, 9.17) is 0 Å². The van der Waals surface area contributed by atoms with Crippen molar-refractivity contribution in [3.05, 3.63) is 70.8 Å². The van der Waals surface area contributed by atoms with Crippen molar-refractivity contribution in [1.29, 1.82) is 0 Å². The van der Waals surface area contributed by atoms with Gasteiger partial charge in [-0.25, -0.2) is 0 Å². The maximum atomic E-state index is 12.2. The Bertz CT molecular complexity index is 1030. The zero-order valence-electron chi connectivity index (χ0n) is 15.9. The lowest BCUT2D eigenvalue weighted by molar-refractivity contribution is -0.115. The number of H-pyrrole nitrogens is 1. The maximum Gasteiger partial charge on any atom is 0.264 e. The minimum Gasteiger partial charge on any atom is -0.378 e. The van der Waals surface area contributed by atoms with Crippen LogP contribution in [0, 0.1) is 0 Å². The van der Waals surface area contributed by atoms with Gasteiger partial charge in [-0.15, -0.1) is 0 Å². The summed E-state index contributed by atoms with van der Waals surface area (Å²) in [5, 5.41) is 4.73. The lowest BCUT2D eigenvalue weighted by Crippen LogP contribution is -2.20. The molecular weight excluding hydrogens is 368 g/mol. The second kappa shape index (κ2) is 7.94. The number of hydrogen-bond donors (Lipinski definition) is 2. The second-order valence-corrected chi connectivity index (χ2v) is 7.90. The molecule has 28 heavy (non-hydrogen) atoms. The molecule has 0 radical (unpaired) electrons. The van der Waals surface area contributed by atoms with Gasteiger partial charge >= 0.3 is 0 Å². The van der Waals surface area contributed by atoms with Crippen LogP contribution in [0.25, 0.3) is 17.0 Å². The molecule has 1 aliphatic heterocycles. The van der Waals surface area contributed by atoms with Gasteiger partial charge in [-0.2, -0.15) is 0 Å². The van der Waals surface area contributed by atoms with E-state index in [0.29, 0.717) is 16.6 Å². The smallest absolute Gasteiger partial charge is 0.264 e. The Hall–Kier alpha value is -2.99. The molecule has 1 fully saturated rings. The number of amidine groups is 1. The highest BCUT2D eigenvalue weighted by atomic mass is 32.2.